The number of rotatable bonds is 5. The molecule has 0 aliphatic rings. The van der Waals surface area contributed by atoms with Crippen molar-refractivity contribution in [1.82, 2.24) is 19.9 Å². The number of hydrogen-bond acceptors (Lipinski definition) is 6. The molecule has 0 aliphatic heterocycles. The summed E-state index contributed by atoms with van der Waals surface area (Å²) in [6.45, 7) is 0. The Hall–Kier alpha value is -6.92. The highest BCUT2D eigenvalue weighted by Gasteiger charge is 2.20. The zero-order valence-corrected chi connectivity index (χ0v) is 26.6. The van der Waals surface area contributed by atoms with Crippen molar-refractivity contribution in [2.75, 3.05) is 0 Å². The largest absolute Gasteiger partial charge is 0.455 e. The van der Waals surface area contributed by atoms with Crippen LogP contribution >= 0.6 is 0 Å². The summed E-state index contributed by atoms with van der Waals surface area (Å²) in [6.07, 6.45) is 0. The molecular formula is C44H26N4O2. The van der Waals surface area contributed by atoms with E-state index < -0.39 is 0 Å². The second kappa shape index (κ2) is 11.4. The van der Waals surface area contributed by atoms with Crippen LogP contribution in [0, 0.1) is 0 Å². The van der Waals surface area contributed by atoms with Gasteiger partial charge in [0.25, 0.3) is 0 Å². The van der Waals surface area contributed by atoms with Gasteiger partial charge in [0.15, 0.2) is 17.2 Å². The molecule has 0 spiro atoms. The van der Waals surface area contributed by atoms with E-state index in [4.69, 9.17) is 28.8 Å². The van der Waals surface area contributed by atoms with Crippen LogP contribution in [0.4, 0.5) is 0 Å². The van der Waals surface area contributed by atoms with Crippen LogP contribution in [0.3, 0.4) is 0 Å². The minimum atomic E-state index is 0.594. The monoisotopic (exact) mass is 642 g/mol. The van der Waals surface area contributed by atoms with Gasteiger partial charge in [-0.15, -0.1) is 0 Å². The molecule has 50 heavy (non-hydrogen) atoms. The van der Waals surface area contributed by atoms with Crippen LogP contribution in [0.1, 0.15) is 0 Å². The average molecular weight is 643 g/mol. The molecule has 6 aromatic carbocycles. The number of furan rings is 2. The fourth-order valence-corrected chi connectivity index (χ4v) is 6.71. The fourth-order valence-electron chi connectivity index (χ4n) is 6.71. The predicted octanol–water partition coefficient (Wildman–Crippen LogP) is 11.4. The minimum Gasteiger partial charge on any atom is -0.455 e. The summed E-state index contributed by atoms with van der Waals surface area (Å²) in [5, 5.41) is 2.93. The lowest BCUT2D eigenvalue weighted by Gasteiger charge is -2.09. The fraction of sp³-hybridized carbons (Fsp3) is 0. The van der Waals surface area contributed by atoms with Gasteiger partial charge >= 0.3 is 0 Å². The summed E-state index contributed by atoms with van der Waals surface area (Å²) in [5.74, 6) is 1.19. The smallest absolute Gasteiger partial charge is 0.180 e. The maximum absolute atomic E-state index is 6.69. The number of nitrogens with zero attached hydrogens (tertiary/aromatic N) is 4. The van der Waals surface area contributed by atoms with Crippen molar-refractivity contribution in [2.45, 2.75) is 0 Å². The Bertz CT molecular complexity index is 2800. The summed E-state index contributed by atoms with van der Waals surface area (Å²) in [4.78, 5) is 20.3. The summed E-state index contributed by atoms with van der Waals surface area (Å²) in [5.41, 5.74) is 10.8. The van der Waals surface area contributed by atoms with E-state index in [0.29, 0.717) is 17.2 Å². The van der Waals surface area contributed by atoms with Crippen LogP contribution in [0.2, 0.25) is 0 Å². The van der Waals surface area contributed by atoms with Gasteiger partial charge in [0, 0.05) is 38.4 Å². The van der Waals surface area contributed by atoms with Crippen LogP contribution < -0.4 is 0 Å². The second-order valence-corrected chi connectivity index (χ2v) is 12.2. The Morgan fingerprint density at radius 1 is 0.360 bits per heavy atom. The molecule has 0 bridgehead atoms. The lowest BCUT2D eigenvalue weighted by atomic mass is 10.0. The normalized spacial score (nSPS) is 11.6. The van der Waals surface area contributed by atoms with Gasteiger partial charge in [-0.25, -0.2) is 19.9 Å². The highest BCUT2D eigenvalue weighted by molar-refractivity contribution is 6.10. The van der Waals surface area contributed by atoms with E-state index in [2.05, 4.69) is 42.5 Å². The summed E-state index contributed by atoms with van der Waals surface area (Å²) in [7, 11) is 0. The van der Waals surface area contributed by atoms with Crippen LogP contribution in [-0.4, -0.2) is 19.9 Å². The van der Waals surface area contributed by atoms with Crippen molar-refractivity contribution in [3.63, 3.8) is 0 Å². The van der Waals surface area contributed by atoms with Crippen molar-refractivity contribution in [1.29, 1.82) is 0 Å². The van der Waals surface area contributed by atoms with Gasteiger partial charge in [-0.3, -0.25) is 0 Å². The van der Waals surface area contributed by atoms with Crippen molar-refractivity contribution in [3.8, 4) is 56.5 Å². The molecule has 234 valence electrons. The first-order valence-corrected chi connectivity index (χ1v) is 16.5. The molecule has 0 radical (unpaired) electrons. The molecule has 0 amide bonds. The van der Waals surface area contributed by atoms with Crippen molar-refractivity contribution >= 4 is 44.0 Å². The van der Waals surface area contributed by atoms with E-state index >= 15 is 0 Å². The van der Waals surface area contributed by atoms with Gasteiger partial charge in [-0.1, -0.05) is 121 Å². The van der Waals surface area contributed by atoms with Gasteiger partial charge in [0.1, 0.15) is 28.0 Å². The van der Waals surface area contributed by atoms with Crippen LogP contribution in [0.25, 0.3) is 101 Å². The molecule has 0 unspecified atom stereocenters. The molecule has 0 atom stereocenters. The summed E-state index contributed by atoms with van der Waals surface area (Å²) in [6, 6.07) is 52.8. The minimum absolute atomic E-state index is 0.594. The zero-order chi connectivity index (χ0) is 33.0. The molecule has 10 rings (SSSR count). The third kappa shape index (κ3) is 4.65. The zero-order valence-electron chi connectivity index (χ0n) is 26.6. The molecule has 10 aromatic rings. The molecule has 4 aromatic heterocycles. The molecule has 0 fully saturated rings. The van der Waals surface area contributed by atoms with E-state index in [1.165, 1.54) is 0 Å². The maximum Gasteiger partial charge on any atom is 0.180 e. The molecule has 0 aliphatic carbocycles. The lowest BCUT2D eigenvalue weighted by Crippen LogP contribution is -1.96. The Labute approximate surface area is 286 Å². The van der Waals surface area contributed by atoms with Crippen molar-refractivity contribution < 1.29 is 8.83 Å². The Kier molecular flexibility index (Phi) is 6.39. The Morgan fingerprint density at radius 3 is 1.70 bits per heavy atom. The van der Waals surface area contributed by atoms with Gasteiger partial charge in [-0.05, 0) is 36.4 Å². The SMILES string of the molecule is c1ccc(-c2cc(-c3ccccc3)nc(-c3cccc4c3oc3cc(-c5nc(-c6ccccc6)c6oc7ccccc7c6n5)ccc34)n2)cc1. The molecule has 4 heterocycles. The van der Waals surface area contributed by atoms with Gasteiger partial charge < -0.3 is 8.83 Å². The highest BCUT2D eigenvalue weighted by atomic mass is 16.3. The maximum atomic E-state index is 6.69. The number of benzene rings is 6. The van der Waals surface area contributed by atoms with E-state index in [-0.39, 0.29) is 0 Å². The molecule has 6 heteroatoms. The van der Waals surface area contributed by atoms with Crippen molar-refractivity contribution in [2.24, 2.45) is 0 Å². The summed E-state index contributed by atoms with van der Waals surface area (Å²) >= 11 is 0. The quantitative estimate of drug-likeness (QED) is 0.186. The topological polar surface area (TPSA) is 77.8 Å². The first kappa shape index (κ1) is 28.1. The molecule has 0 N–H and O–H groups in total. The third-order valence-electron chi connectivity index (χ3n) is 9.13. The molecular weight excluding hydrogens is 617 g/mol. The van der Waals surface area contributed by atoms with E-state index in [9.17, 15) is 0 Å². The van der Waals surface area contributed by atoms with E-state index in [1.807, 2.05) is 115 Å². The van der Waals surface area contributed by atoms with E-state index in [0.717, 1.165) is 83.3 Å². The van der Waals surface area contributed by atoms with Crippen molar-refractivity contribution in [3.05, 3.63) is 158 Å². The number of aromatic nitrogens is 4. The molecule has 0 saturated carbocycles. The van der Waals surface area contributed by atoms with E-state index in [1.54, 1.807) is 0 Å². The second-order valence-electron chi connectivity index (χ2n) is 12.2. The summed E-state index contributed by atoms with van der Waals surface area (Å²) < 4.78 is 13.0. The van der Waals surface area contributed by atoms with Gasteiger partial charge in [0.2, 0.25) is 0 Å². The first-order chi connectivity index (χ1) is 24.8. The highest BCUT2D eigenvalue weighted by Crippen LogP contribution is 2.39. The Balaban J connectivity index is 1.15. The van der Waals surface area contributed by atoms with Crippen LogP contribution in [0.5, 0.6) is 0 Å². The van der Waals surface area contributed by atoms with Crippen LogP contribution in [-0.2, 0) is 0 Å². The number of para-hydroxylation sites is 2. The Morgan fingerprint density at radius 2 is 0.980 bits per heavy atom. The number of fused-ring (bicyclic) bond motifs is 6. The molecule has 0 saturated heterocycles. The van der Waals surface area contributed by atoms with Crippen LogP contribution in [0.15, 0.2) is 167 Å². The molecule has 6 nitrogen and oxygen atoms in total. The third-order valence-corrected chi connectivity index (χ3v) is 9.13. The number of hydrogen-bond donors (Lipinski definition) is 0. The van der Waals surface area contributed by atoms with Gasteiger partial charge in [0.05, 0.1) is 17.0 Å². The average Bonchev–Trinajstić information content (AvgIpc) is 3.76. The standard InChI is InChI=1S/C44H26N4O2/c1-4-13-27(14-5-1)35-26-36(28-15-6-2-7-16-28)46-44(45-35)34-21-12-20-32-31-24-23-30(25-38(31)50-41(32)34)43-47-39(29-17-8-3-9-18-29)42-40(48-43)33-19-10-11-22-37(33)49-42/h1-26H. The predicted molar refractivity (Wildman–Crippen MR) is 199 cm³/mol. The van der Waals surface area contributed by atoms with Gasteiger partial charge in [-0.2, -0.15) is 0 Å². The lowest BCUT2D eigenvalue weighted by molar-refractivity contribution is 0.667. The first-order valence-electron chi connectivity index (χ1n) is 16.5.